The second-order valence-corrected chi connectivity index (χ2v) is 10.8. The van der Waals surface area contributed by atoms with Crippen LogP contribution in [0.25, 0.3) is 0 Å². The molecule has 0 fully saturated rings. The lowest BCUT2D eigenvalue weighted by Crippen LogP contribution is -2.52. The van der Waals surface area contributed by atoms with Crippen LogP contribution in [0.5, 0.6) is 0 Å². The van der Waals surface area contributed by atoms with Gasteiger partial charge in [-0.3, -0.25) is 24.0 Å². The van der Waals surface area contributed by atoms with Crippen molar-refractivity contribution in [3.05, 3.63) is 0 Å². The summed E-state index contributed by atoms with van der Waals surface area (Å²) in [5.41, 5.74) is 0. The van der Waals surface area contributed by atoms with Crippen LogP contribution in [0, 0.1) is 0 Å². The van der Waals surface area contributed by atoms with Crippen molar-refractivity contribution < 1.29 is 54.2 Å². The zero-order valence-electron chi connectivity index (χ0n) is 26.2. The van der Waals surface area contributed by atoms with E-state index in [-0.39, 0.29) is 51.6 Å². The first-order valence-electron chi connectivity index (χ1n) is 13.7. The van der Waals surface area contributed by atoms with Crippen molar-refractivity contribution in [3.8, 4) is 0 Å². The van der Waals surface area contributed by atoms with Crippen LogP contribution in [0.15, 0.2) is 0 Å². The normalized spacial score (nSPS) is 14.8. The first-order valence-corrected chi connectivity index (χ1v) is 13.7. The monoisotopic (exact) mass is 622 g/mol. The maximum absolute atomic E-state index is 13.3. The van der Waals surface area contributed by atoms with Gasteiger partial charge in [0.1, 0.15) is 30.9 Å². The highest BCUT2D eigenvalue weighted by molar-refractivity contribution is 5.92. The molecule has 0 spiro atoms. The Hall–Kier alpha value is -2.93. The van der Waals surface area contributed by atoms with Crippen LogP contribution in [0.2, 0.25) is 0 Å². The van der Waals surface area contributed by atoms with Crippen molar-refractivity contribution in [2.75, 3.05) is 95.3 Å². The molecule has 0 aliphatic carbocycles. The zero-order valence-corrected chi connectivity index (χ0v) is 26.2. The highest BCUT2D eigenvalue weighted by Crippen LogP contribution is 2.09. The average molecular weight is 623 g/mol. The van der Waals surface area contributed by atoms with E-state index in [9.17, 15) is 44.4 Å². The number of carbonyl (C=O) groups excluding carboxylic acids is 5. The maximum atomic E-state index is 13.3. The second-order valence-electron chi connectivity index (χ2n) is 10.8. The molecule has 0 aliphatic heterocycles. The van der Waals surface area contributed by atoms with Crippen molar-refractivity contribution >= 4 is 29.6 Å². The number of nitrogens with zero attached hydrogens (tertiary/aromatic N) is 5. The van der Waals surface area contributed by atoms with E-state index in [4.69, 9.17) is 5.11 Å². The van der Waals surface area contributed by atoms with Gasteiger partial charge in [0.15, 0.2) is 0 Å². The lowest BCUT2D eigenvalue weighted by atomic mass is 10.0. The average Bonchev–Trinajstić information content (AvgIpc) is 2.93. The van der Waals surface area contributed by atoms with Crippen molar-refractivity contribution in [3.63, 3.8) is 0 Å². The van der Waals surface area contributed by atoms with Gasteiger partial charge < -0.3 is 60.1 Å². The molecular weight excluding hydrogens is 572 g/mol. The number of ether oxygens (including phenoxy) is 1. The number of amides is 4. The van der Waals surface area contributed by atoms with Gasteiger partial charge in [-0.2, -0.15) is 0 Å². The molecule has 1 unspecified atom stereocenters. The van der Waals surface area contributed by atoms with Gasteiger partial charge in [0.05, 0.1) is 39.5 Å². The minimum absolute atomic E-state index is 0.0823. The van der Waals surface area contributed by atoms with Gasteiger partial charge >= 0.3 is 5.97 Å². The number of esters is 1. The second kappa shape index (κ2) is 20.1. The molecule has 6 N–H and O–H groups in total. The summed E-state index contributed by atoms with van der Waals surface area (Å²) in [4.78, 5) is 69.0. The summed E-state index contributed by atoms with van der Waals surface area (Å²) in [5.74, 6) is -2.67. The minimum Gasteiger partial charge on any atom is -0.468 e. The molecule has 0 heterocycles. The molecule has 4 amide bonds. The first-order chi connectivity index (χ1) is 19.9. The van der Waals surface area contributed by atoms with Gasteiger partial charge in [-0.15, -0.1) is 0 Å². The Morgan fingerprint density at radius 1 is 0.744 bits per heavy atom. The molecule has 5 atom stereocenters. The van der Waals surface area contributed by atoms with E-state index in [0.717, 1.165) is 9.80 Å². The molecule has 0 saturated heterocycles. The number of aliphatic hydroxyl groups excluding tert-OH is 5. The fourth-order valence-corrected chi connectivity index (χ4v) is 3.85. The summed E-state index contributed by atoms with van der Waals surface area (Å²) in [6, 6.07) is -1.08. The molecule has 17 heteroatoms. The SMILES string of the molecule is COC(=O)CN(C)C(=O)CN(C)C(=O)C(CCCN(C)C[C@H](O)[C@@H](O)[C@H](O)[C@H](O)CO)NC(=O)CN(C)C(=O)CN(C)C. The highest BCUT2D eigenvalue weighted by Gasteiger charge is 2.31. The Bertz CT molecular complexity index is 909. The minimum atomic E-state index is -1.77. The van der Waals surface area contributed by atoms with E-state index in [1.54, 1.807) is 30.9 Å². The lowest BCUT2D eigenvalue weighted by molar-refractivity contribution is -0.147. The first kappa shape index (κ1) is 40.1. The van der Waals surface area contributed by atoms with Crippen molar-refractivity contribution in [1.82, 2.24) is 29.8 Å². The molecule has 0 aromatic heterocycles. The quantitative estimate of drug-likeness (QED) is 0.0699. The Balaban J connectivity index is 5.41. The molecule has 0 radical (unpaired) electrons. The predicted molar refractivity (Wildman–Crippen MR) is 153 cm³/mol. The van der Waals surface area contributed by atoms with Gasteiger partial charge in [-0.25, -0.2) is 0 Å². The summed E-state index contributed by atoms with van der Waals surface area (Å²) in [6.07, 6.45) is -6.19. The molecule has 0 saturated carbocycles. The summed E-state index contributed by atoms with van der Waals surface area (Å²) < 4.78 is 4.54. The summed E-state index contributed by atoms with van der Waals surface area (Å²) in [5, 5.41) is 51.1. The third-order valence-corrected chi connectivity index (χ3v) is 6.52. The van der Waals surface area contributed by atoms with Gasteiger partial charge in [0, 0.05) is 27.7 Å². The van der Waals surface area contributed by atoms with Crippen LogP contribution >= 0.6 is 0 Å². The molecule has 0 aromatic rings. The molecule has 0 bridgehead atoms. The van der Waals surface area contributed by atoms with Gasteiger partial charge in [0.2, 0.25) is 23.6 Å². The largest absolute Gasteiger partial charge is 0.468 e. The molecule has 250 valence electrons. The Morgan fingerprint density at radius 3 is 1.81 bits per heavy atom. The van der Waals surface area contributed by atoms with E-state index in [1.807, 2.05) is 0 Å². The number of methoxy groups -OCH3 is 1. The molecule has 0 aromatic carbocycles. The van der Waals surface area contributed by atoms with E-state index in [1.165, 1.54) is 33.2 Å². The van der Waals surface area contributed by atoms with Crippen LogP contribution in [0.1, 0.15) is 12.8 Å². The van der Waals surface area contributed by atoms with Crippen molar-refractivity contribution in [2.45, 2.75) is 43.3 Å². The molecule has 0 rings (SSSR count). The van der Waals surface area contributed by atoms with Crippen LogP contribution < -0.4 is 5.32 Å². The van der Waals surface area contributed by atoms with Crippen LogP contribution in [0.3, 0.4) is 0 Å². The lowest BCUT2D eigenvalue weighted by Gasteiger charge is -2.29. The summed E-state index contributed by atoms with van der Waals surface area (Å²) in [6.45, 7) is -1.58. The molecule has 17 nitrogen and oxygen atoms in total. The van der Waals surface area contributed by atoms with E-state index < -0.39 is 60.8 Å². The van der Waals surface area contributed by atoms with Gasteiger partial charge in [-0.1, -0.05) is 0 Å². The molecular formula is C26H50N6O11. The number of hydrogen-bond donors (Lipinski definition) is 6. The Morgan fingerprint density at radius 2 is 1.28 bits per heavy atom. The Labute approximate surface area is 252 Å². The van der Waals surface area contributed by atoms with E-state index >= 15 is 0 Å². The molecule has 43 heavy (non-hydrogen) atoms. The van der Waals surface area contributed by atoms with Crippen LogP contribution in [0.4, 0.5) is 0 Å². The van der Waals surface area contributed by atoms with Gasteiger partial charge in [0.25, 0.3) is 0 Å². The van der Waals surface area contributed by atoms with Crippen LogP contribution in [-0.2, 0) is 28.7 Å². The third kappa shape index (κ3) is 15.4. The number of nitrogens with one attached hydrogen (secondary N) is 1. The van der Waals surface area contributed by atoms with E-state index in [0.29, 0.717) is 6.42 Å². The van der Waals surface area contributed by atoms with Crippen molar-refractivity contribution in [1.29, 1.82) is 0 Å². The zero-order chi connectivity index (χ0) is 33.4. The number of rotatable bonds is 20. The van der Waals surface area contributed by atoms with Gasteiger partial charge in [-0.05, 0) is 40.5 Å². The number of hydrogen-bond acceptors (Lipinski definition) is 13. The topological polar surface area (TPSA) is 224 Å². The fraction of sp³-hybridized carbons (Fsp3) is 0.808. The summed E-state index contributed by atoms with van der Waals surface area (Å²) in [7, 11) is 10.4. The number of likely N-dealkylation sites (N-methyl/N-ethyl adjacent to an activating group) is 5. The Kier molecular flexibility index (Phi) is 18.7. The number of aliphatic hydroxyl groups is 5. The van der Waals surface area contributed by atoms with E-state index in [2.05, 4.69) is 10.1 Å². The number of carbonyl (C=O) groups is 5. The smallest absolute Gasteiger partial charge is 0.325 e. The molecule has 0 aliphatic rings. The third-order valence-electron chi connectivity index (χ3n) is 6.52. The standard InChI is InChI=1S/C26H50N6O11/c1-28(2)13-21(37)30(4)12-20(36)27-17(26(42)32(6)14-22(38)31(5)15-23(39)43-7)9-8-10-29(3)11-18(34)24(40)25(41)19(35)16-33/h17-19,24-25,33-35,40-41H,8-16H2,1-7H3,(H,27,36)/t17?,18-,19+,24+,25+/m0/s1. The predicted octanol–water partition coefficient (Wildman–Crippen LogP) is -5.27. The highest BCUT2D eigenvalue weighted by atomic mass is 16.5. The maximum Gasteiger partial charge on any atom is 0.325 e. The fourth-order valence-electron chi connectivity index (χ4n) is 3.85. The summed E-state index contributed by atoms with van der Waals surface area (Å²) >= 11 is 0. The van der Waals surface area contributed by atoms with Crippen LogP contribution in [-0.4, -0.2) is 205 Å². The van der Waals surface area contributed by atoms with Crippen molar-refractivity contribution in [2.24, 2.45) is 0 Å².